The van der Waals surface area contributed by atoms with Gasteiger partial charge in [-0.1, -0.05) is 12.1 Å². The summed E-state index contributed by atoms with van der Waals surface area (Å²) in [7, 11) is 1.63. The second-order valence-electron chi connectivity index (χ2n) is 6.48. The highest BCUT2D eigenvalue weighted by Crippen LogP contribution is 2.46. The smallest absolute Gasteiger partial charge is 0.153 e. The third-order valence-corrected chi connectivity index (χ3v) is 5.31. The summed E-state index contributed by atoms with van der Waals surface area (Å²) in [5, 5.41) is 0. The van der Waals surface area contributed by atoms with Crippen molar-refractivity contribution in [1.29, 1.82) is 0 Å². The average molecular weight is 426 g/mol. The Bertz CT molecular complexity index is 1060. The molecule has 0 radical (unpaired) electrons. The van der Waals surface area contributed by atoms with E-state index in [0.717, 1.165) is 33.8 Å². The van der Waals surface area contributed by atoms with Crippen LogP contribution in [0.3, 0.4) is 0 Å². The molecular weight excluding hydrogens is 409 g/mol. The van der Waals surface area contributed by atoms with Gasteiger partial charge in [0.2, 0.25) is 0 Å². The van der Waals surface area contributed by atoms with Gasteiger partial charge in [0.1, 0.15) is 16.2 Å². The Hall–Kier alpha value is -2.60. The van der Waals surface area contributed by atoms with Crippen molar-refractivity contribution in [2.75, 3.05) is 7.11 Å². The molecule has 0 bridgehead atoms. The first kappa shape index (κ1) is 17.8. The summed E-state index contributed by atoms with van der Waals surface area (Å²) in [4.78, 5) is 13.8. The van der Waals surface area contributed by atoms with Crippen molar-refractivity contribution in [2.45, 2.75) is 19.4 Å². The van der Waals surface area contributed by atoms with Gasteiger partial charge in [-0.25, -0.2) is 9.37 Å². The first-order valence-corrected chi connectivity index (χ1v) is 9.25. The molecule has 0 saturated heterocycles. The number of benzene rings is 1. The minimum Gasteiger partial charge on any atom is -0.495 e. The fourth-order valence-corrected chi connectivity index (χ4v) is 4.10. The lowest BCUT2D eigenvalue weighted by molar-refractivity contribution is 0.404. The molecule has 1 aromatic carbocycles. The van der Waals surface area contributed by atoms with Gasteiger partial charge >= 0.3 is 0 Å². The van der Waals surface area contributed by atoms with Gasteiger partial charge in [-0.3, -0.25) is 9.98 Å². The van der Waals surface area contributed by atoms with Crippen molar-refractivity contribution in [3.8, 4) is 5.75 Å². The molecule has 1 unspecified atom stereocenters. The number of hydrogen-bond acceptors (Lipinski definition) is 4. The lowest BCUT2D eigenvalue weighted by Crippen LogP contribution is -2.27. The van der Waals surface area contributed by atoms with Crippen LogP contribution < -0.4 is 4.74 Å². The normalized spacial score (nSPS) is 17.8. The van der Waals surface area contributed by atoms with Crippen molar-refractivity contribution >= 4 is 22.1 Å². The highest BCUT2D eigenvalue weighted by atomic mass is 79.9. The van der Waals surface area contributed by atoms with Gasteiger partial charge in [0.25, 0.3) is 0 Å². The molecular formula is C21H17BrFN3O. The fraction of sp³-hybridized carbons (Fsp3) is 0.190. The van der Waals surface area contributed by atoms with Crippen LogP contribution in [0, 0.1) is 19.7 Å². The molecule has 1 aliphatic heterocycles. The summed E-state index contributed by atoms with van der Waals surface area (Å²) in [6.45, 7) is 3.87. The lowest BCUT2D eigenvalue weighted by Gasteiger charge is -2.29. The Labute approximate surface area is 165 Å². The molecule has 0 N–H and O–H groups in total. The molecule has 2 aromatic heterocycles. The van der Waals surface area contributed by atoms with E-state index < -0.39 is 5.54 Å². The number of hydrogen-bond donors (Lipinski definition) is 0. The van der Waals surface area contributed by atoms with E-state index in [4.69, 9.17) is 14.7 Å². The van der Waals surface area contributed by atoms with Crippen molar-refractivity contribution < 1.29 is 9.13 Å². The van der Waals surface area contributed by atoms with Gasteiger partial charge in [0, 0.05) is 23.5 Å². The molecule has 0 saturated carbocycles. The molecule has 1 aliphatic rings. The maximum atomic E-state index is 14.5. The second-order valence-corrected chi connectivity index (χ2v) is 7.29. The Morgan fingerprint density at radius 1 is 1.15 bits per heavy atom. The van der Waals surface area contributed by atoms with Crippen LogP contribution in [0.1, 0.15) is 33.6 Å². The number of aromatic nitrogens is 2. The maximum Gasteiger partial charge on any atom is 0.153 e. The van der Waals surface area contributed by atoms with Gasteiger partial charge in [-0.2, -0.15) is 0 Å². The predicted octanol–water partition coefficient (Wildman–Crippen LogP) is 4.73. The van der Waals surface area contributed by atoms with Gasteiger partial charge in [-0.15, -0.1) is 0 Å². The SMILES string of the molecule is COc1c(C)cc(C2(c3ccnc(Br)c3)N=Cc3c(F)cccc32)nc1C. The van der Waals surface area contributed by atoms with E-state index in [2.05, 4.69) is 20.9 Å². The predicted molar refractivity (Wildman–Crippen MR) is 106 cm³/mol. The molecule has 0 aliphatic carbocycles. The van der Waals surface area contributed by atoms with Gasteiger partial charge in [0.05, 0.1) is 18.5 Å². The quantitative estimate of drug-likeness (QED) is 0.569. The van der Waals surface area contributed by atoms with E-state index in [1.807, 2.05) is 38.1 Å². The topological polar surface area (TPSA) is 47.4 Å². The number of pyridine rings is 2. The summed E-state index contributed by atoms with van der Waals surface area (Å²) in [6.07, 6.45) is 3.30. The van der Waals surface area contributed by atoms with Crippen LogP contribution in [-0.2, 0) is 5.54 Å². The maximum absolute atomic E-state index is 14.5. The first-order chi connectivity index (χ1) is 13.0. The van der Waals surface area contributed by atoms with E-state index in [-0.39, 0.29) is 5.82 Å². The van der Waals surface area contributed by atoms with Crippen LogP contribution >= 0.6 is 15.9 Å². The minimum atomic E-state index is -0.940. The van der Waals surface area contributed by atoms with Crippen molar-refractivity contribution in [1.82, 2.24) is 9.97 Å². The van der Waals surface area contributed by atoms with Crippen LogP contribution in [0.2, 0.25) is 0 Å². The largest absolute Gasteiger partial charge is 0.495 e. The number of ether oxygens (including phenoxy) is 1. The molecule has 136 valence electrons. The molecule has 0 amide bonds. The molecule has 3 heterocycles. The summed E-state index contributed by atoms with van der Waals surface area (Å²) in [5.41, 5.74) is 3.60. The average Bonchev–Trinajstić information content (AvgIpc) is 3.03. The number of rotatable bonds is 3. The molecule has 6 heteroatoms. The zero-order valence-corrected chi connectivity index (χ0v) is 16.7. The third kappa shape index (κ3) is 2.67. The van der Waals surface area contributed by atoms with Gasteiger partial charge in [0.15, 0.2) is 5.54 Å². The standard InChI is InChI=1S/C21H17BrFN3O/c1-12-9-18(26-13(2)20(12)27-3)21(14-7-8-24-19(22)10-14)16-5-4-6-17(23)15(16)11-25-21/h4-11H,1-3H3. The summed E-state index contributed by atoms with van der Waals surface area (Å²) >= 11 is 3.43. The molecule has 1 atom stereocenters. The Morgan fingerprint density at radius 3 is 2.67 bits per heavy atom. The second kappa shape index (κ2) is 6.53. The number of aryl methyl sites for hydroxylation is 2. The summed E-state index contributed by atoms with van der Waals surface area (Å²) < 4.78 is 20.6. The number of methoxy groups -OCH3 is 1. The number of fused-ring (bicyclic) bond motifs is 1. The van der Waals surface area contributed by atoms with E-state index in [1.54, 1.807) is 25.6 Å². The van der Waals surface area contributed by atoms with E-state index in [1.165, 1.54) is 6.07 Å². The Kier molecular flexibility index (Phi) is 4.30. The molecule has 27 heavy (non-hydrogen) atoms. The number of aliphatic imine (C=N–C) groups is 1. The van der Waals surface area contributed by atoms with Gasteiger partial charge in [-0.05, 0) is 65.2 Å². The van der Waals surface area contributed by atoms with Crippen LogP contribution in [-0.4, -0.2) is 23.3 Å². The van der Waals surface area contributed by atoms with Crippen molar-refractivity contribution in [3.63, 3.8) is 0 Å². The highest BCUT2D eigenvalue weighted by Gasteiger charge is 2.43. The Morgan fingerprint density at radius 2 is 1.96 bits per heavy atom. The van der Waals surface area contributed by atoms with Crippen LogP contribution in [0.15, 0.2) is 52.2 Å². The van der Waals surface area contributed by atoms with E-state index in [0.29, 0.717) is 10.2 Å². The Balaban J connectivity index is 2.07. The molecule has 3 aromatic rings. The molecule has 0 fully saturated rings. The number of halogens is 2. The third-order valence-electron chi connectivity index (χ3n) is 4.88. The number of nitrogens with zero attached hydrogens (tertiary/aromatic N) is 3. The highest BCUT2D eigenvalue weighted by molar-refractivity contribution is 9.10. The van der Waals surface area contributed by atoms with E-state index >= 15 is 0 Å². The van der Waals surface area contributed by atoms with E-state index in [9.17, 15) is 4.39 Å². The van der Waals surface area contributed by atoms with Gasteiger partial charge < -0.3 is 4.74 Å². The molecule has 4 nitrogen and oxygen atoms in total. The zero-order chi connectivity index (χ0) is 19.2. The molecule has 0 spiro atoms. The minimum absolute atomic E-state index is 0.298. The molecule has 4 rings (SSSR count). The van der Waals surface area contributed by atoms with Crippen molar-refractivity contribution in [3.05, 3.63) is 86.7 Å². The monoisotopic (exact) mass is 425 g/mol. The lowest BCUT2D eigenvalue weighted by atomic mass is 9.80. The first-order valence-electron chi connectivity index (χ1n) is 8.46. The summed E-state index contributed by atoms with van der Waals surface area (Å²) in [5.74, 6) is 0.444. The van der Waals surface area contributed by atoms with Crippen LogP contribution in [0.4, 0.5) is 4.39 Å². The van der Waals surface area contributed by atoms with Crippen molar-refractivity contribution in [2.24, 2.45) is 4.99 Å². The summed E-state index contributed by atoms with van der Waals surface area (Å²) in [6, 6.07) is 10.8. The van der Waals surface area contributed by atoms with Crippen LogP contribution in [0.5, 0.6) is 5.75 Å². The zero-order valence-electron chi connectivity index (χ0n) is 15.1. The van der Waals surface area contributed by atoms with Crippen LogP contribution in [0.25, 0.3) is 0 Å². The fourth-order valence-electron chi connectivity index (χ4n) is 3.74.